The van der Waals surface area contributed by atoms with Gasteiger partial charge in [-0.1, -0.05) is 146 Å². The van der Waals surface area contributed by atoms with Crippen LogP contribution in [0.15, 0.2) is 144 Å². The molecule has 0 aliphatic heterocycles. The second-order valence-electron chi connectivity index (χ2n) is 17.3. The second kappa shape index (κ2) is 13.2. The lowest BCUT2D eigenvalue weighted by Gasteiger charge is -2.25. The topological polar surface area (TPSA) is 31.0 Å². The molecular weight excluding hydrogens is 693 g/mol. The van der Waals surface area contributed by atoms with Gasteiger partial charge < -0.3 is 4.42 Å². The van der Waals surface area contributed by atoms with Crippen LogP contribution in [0.25, 0.3) is 93.5 Å². The summed E-state index contributed by atoms with van der Waals surface area (Å²) in [5, 5.41) is 8.89. The van der Waals surface area contributed by atoms with E-state index in [1.54, 1.807) is 0 Å². The first-order valence-corrected chi connectivity index (χ1v) is 20.3. The Bertz CT molecular complexity index is 3260. The SMILES string of the molecule is [2H]C([2H])(c1ccc2ccc3nc(-c4cccc5c4oc4cc6c(ccc7ccccc76)cc45)n(-c4c(C(C)C)cc(-c5ccccc5)cc4C(C)C)c3c2c1)C(C)(C)C. The molecule has 8 aromatic carbocycles. The van der Waals surface area contributed by atoms with Gasteiger partial charge in [0.2, 0.25) is 0 Å². The zero-order chi connectivity index (χ0) is 41.0. The maximum atomic E-state index is 9.32. The molecule has 0 atom stereocenters. The lowest BCUT2D eigenvalue weighted by atomic mass is 9.87. The molecule has 0 radical (unpaired) electrons. The number of fused-ring (bicyclic) bond motifs is 9. The average Bonchev–Trinajstić information content (AvgIpc) is 3.80. The molecule has 10 rings (SSSR count). The minimum absolute atomic E-state index is 0.182. The highest BCUT2D eigenvalue weighted by Gasteiger charge is 2.27. The van der Waals surface area contributed by atoms with Crippen LogP contribution in [0.2, 0.25) is 0 Å². The van der Waals surface area contributed by atoms with Crippen LogP contribution < -0.4 is 0 Å². The molecule has 0 saturated carbocycles. The van der Waals surface area contributed by atoms with E-state index in [0.29, 0.717) is 5.56 Å². The number of benzene rings is 8. The number of hydrogen-bond acceptors (Lipinski definition) is 2. The molecule has 0 saturated heterocycles. The molecule has 3 heteroatoms. The smallest absolute Gasteiger partial charge is 0.149 e. The standard InChI is InChI=1S/C54H48N2O/c1-32(2)43-28-39(35-14-9-8-10-15-35)29-44(33(3)4)50(43)56-51-46-26-34(31-54(5,6)7)20-21-37(46)24-25-48(51)55-53(56)42-19-13-18-41-47-27-38-23-22-36-16-11-12-17-40(36)45(38)30-49(47)57-52(41)42/h8-30,32-33H,31H2,1-7H3/i31D2. The molecule has 280 valence electrons. The molecule has 0 bridgehead atoms. The Kier molecular flexibility index (Phi) is 7.64. The largest absolute Gasteiger partial charge is 0.455 e. The second-order valence-corrected chi connectivity index (χ2v) is 17.3. The highest BCUT2D eigenvalue weighted by atomic mass is 16.3. The van der Waals surface area contributed by atoms with Crippen LogP contribution in [0.3, 0.4) is 0 Å². The Hall–Kier alpha value is -6.19. The first kappa shape index (κ1) is 33.0. The molecule has 57 heavy (non-hydrogen) atoms. The summed E-state index contributed by atoms with van der Waals surface area (Å²) >= 11 is 0. The molecule has 0 spiro atoms. The highest BCUT2D eigenvalue weighted by Crippen LogP contribution is 2.45. The van der Waals surface area contributed by atoms with Crippen LogP contribution in [-0.4, -0.2) is 9.55 Å². The molecule has 0 N–H and O–H groups in total. The zero-order valence-electron chi connectivity index (χ0n) is 35.7. The van der Waals surface area contributed by atoms with Crippen LogP contribution in [-0.2, 0) is 6.37 Å². The highest BCUT2D eigenvalue weighted by molar-refractivity contribution is 6.18. The first-order valence-electron chi connectivity index (χ1n) is 21.3. The van der Waals surface area contributed by atoms with Crippen molar-refractivity contribution >= 4 is 65.3 Å². The minimum atomic E-state index is -1.57. The number of imidazole rings is 1. The third kappa shape index (κ3) is 5.91. The predicted octanol–water partition coefficient (Wildman–Crippen LogP) is 15.6. The third-order valence-electron chi connectivity index (χ3n) is 11.5. The van der Waals surface area contributed by atoms with Gasteiger partial charge in [-0.15, -0.1) is 0 Å². The molecule has 0 aliphatic carbocycles. The summed E-state index contributed by atoms with van der Waals surface area (Å²) in [4.78, 5) is 5.56. The van der Waals surface area contributed by atoms with Crippen molar-refractivity contribution in [2.24, 2.45) is 5.41 Å². The summed E-state index contributed by atoms with van der Waals surface area (Å²) in [6.45, 7) is 15.0. The van der Waals surface area contributed by atoms with Crippen molar-refractivity contribution in [2.75, 3.05) is 0 Å². The number of hydrogen-bond donors (Lipinski definition) is 0. The van der Waals surface area contributed by atoms with E-state index in [4.69, 9.17) is 9.40 Å². The normalized spacial score (nSPS) is 13.3. The van der Waals surface area contributed by atoms with Crippen LogP contribution in [0.5, 0.6) is 0 Å². The number of aromatic nitrogens is 2. The van der Waals surface area contributed by atoms with Gasteiger partial charge in [-0.2, -0.15) is 0 Å². The van der Waals surface area contributed by atoms with Gasteiger partial charge in [0.25, 0.3) is 0 Å². The Morgan fingerprint density at radius 1 is 0.596 bits per heavy atom. The number of para-hydroxylation sites is 1. The maximum absolute atomic E-state index is 9.32. The molecule has 0 fully saturated rings. The van der Waals surface area contributed by atoms with Crippen LogP contribution >= 0.6 is 0 Å². The van der Waals surface area contributed by atoms with Crippen LogP contribution in [0, 0.1) is 5.41 Å². The molecule has 0 unspecified atom stereocenters. The maximum Gasteiger partial charge on any atom is 0.149 e. The van der Waals surface area contributed by atoms with Crippen LogP contribution in [0.4, 0.5) is 0 Å². The molecule has 0 amide bonds. The number of furan rings is 1. The van der Waals surface area contributed by atoms with Crippen molar-refractivity contribution in [3.63, 3.8) is 0 Å². The molecule has 3 nitrogen and oxygen atoms in total. The average molecular weight is 743 g/mol. The fourth-order valence-electron chi connectivity index (χ4n) is 8.89. The molecule has 2 heterocycles. The van der Waals surface area contributed by atoms with E-state index < -0.39 is 11.8 Å². The summed E-state index contributed by atoms with van der Waals surface area (Å²) in [6, 6.07) is 49.6. The fraction of sp³-hybridized carbons (Fsp3) is 0.204. The summed E-state index contributed by atoms with van der Waals surface area (Å²) < 4.78 is 28.0. The lowest BCUT2D eigenvalue weighted by molar-refractivity contribution is 0.411. The van der Waals surface area contributed by atoms with Gasteiger partial charge in [0.1, 0.15) is 17.0 Å². The lowest BCUT2D eigenvalue weighted by Crippen LogP contribution is -2.10. The monoisotopic (exact) mass is 742 g/mol. The zero-order valence-corrected chi connectivity index (χ0v) is 33.7. The Morgan fingerprint density at radius 3 is 2.02 bits per heavy atom. The van der Waals surface area contributed by atoms with E-state index in [-0.39, 0.29) is 11.8 Å². The molecule has 10 aromatic rings. The predicted molar refractivity (Wildman–Crippen MR) is 243 cm³/mol. The van der Waals surface area contributed by atoms with E-state index in [2.05, 4.69) is 166 Å². The third-order valence-corrected chi connectivity index (χ3v) is 11.5. The van der Waals surface area contributed by atoms with E-state index in [9.17, 15) is 2.74 Å². The van der Waals surface area contributed by atoms with Gasteiger partial charge in [-0.3, -0.25) is 4.57 Å². The van der Waals surface area contributed by atoms with Crippen molar-refractivity contribution in [2.45, 2.75) is 66.7 Å². The number of rotatable bonds is 6. The van der Waals surface area contributed by atoms with Gasteiger partial charge in [0.15, 0.2) is 0 Å². The van der Waals surface area contributed by atoms with Gasteiger partial charge in [0, 0.05) is 18.9 Å². The van der Waals surface area contributed by atoms with Gasteiger partial charge in [-0.25, -0.2) is 4.98 Å². The fourth-order valence-corrected chi connectivity index (χ4v) is 8.89. The first-order chi connectivity index (χ1) is 28.3. The van der Waals surface area contributed by atoms with Gasteiger partial charge >= 0.3 is 0 Å². The summed E-state index contributed by atoms with van der Waals surface area (Å²) in [5.41, 5.74) is 10.4. The Labute approximate surface area is 337 Å². The van der Waals surface area contributed by atoms with Gasteiger partial charge in [-0.05, 0) is 121 Å². The minimum Gasteiger partial charge on any atom is -0.455 e. The number of nitrogens with zero attached hydrogens (tertiary/aromatic N) is 2. The molecule has 0 aliphatic rings. The van der Waals surface area contributed by atoms with Crippen molar-refractivity contribution in [3.05, 3.63) is 156 Å². The van der Waals surface area contributed by atoms with E-state index in [1.165, 1.54) is 43.8 Å². The van der Waals surface area contributed by atoms with E-state index in [0.717, 1.165) is 60.8 Å². The van der Waals surface area contributed by atoms with Crippen molar-refractivity contribution in [1.82, 2.24) is 9.55 Å². The van der Waals surface area contributed by atoms with Gasteiger partial charge in [0.05, 0.1) is 22.3 Å². The molecular formula is C54H48N2O. The quantitative estimate of drug-likeness (QED) is 0.159. The molecule has 2 aromatic heterocycles. The Morgan fingerprint density at radius 2 is 1.26 bits per heavy atom. The van der Waals surface area contributed by atoms with E-state index in [1.807, 2.05) is 26.8 Å². The van der Waals surface area contributed by atoms with Crippen molar-refractivity contribution in [3.8, 4) is 28.2 Å². The van der Waals surface area contributed by atoms with Crippen LogP contribution in [0.1, 0.15) is 79.7 Å². The van der Waals surface area contributed by atoms with Crippen molar-refractivity contribution < 1.29 is 7.16 Å². The van der Waals surface area contributed by atoms with Crippen molar-refractivity contribution in [1.29, 1.82) is 0 Å². The summed E-state index contributed by atoms with van der Waals surface area (Å²) in [5.74, 6) is 1.16. The Balaban J connectivity index is 1.34. The summed E-state index contributed by atoms with van der Waals surface area (Å²) in [6.07, 6.45) is -1.57. The van der Waals surface area contributed by atoms with E-state index >= 15 is 0 Å². The summed E-state index contributed by atoms with van der Waals surface area (Å²) in [7, 11) is 0.